The van der Waals surface area contributed by atoms with E-state index in [1.807, 2.05) is 18.5 Å². The summed E-state index contributed by atoms with van der Waals surface area (Å²) < 4.78 is 2.29. The minimum atomic E-state index is -0.528. The van der Waals surface area contributed by atoms with E-state index in [4.69, 9.17) is 4.98 Å². The summed E-state index contributed by atoms with van der Waals surface area (Å²) in [6.45, 7) is 0. The van der Waals surface area contributed by atoms with Crippen LogP contribution in [0, 0.1) is 6.07 Å². The number of aromatic nitrogens is 2. The lowest BCUT2D eigenvalue weighted by Gasteiger charge is -2.38. The average molecular weight is 359 g/mol. The Labute approximate surface area is 164 Å². The van der Waals surface area contributed by atoms with Gasteiger partial charge in [0.25, 0.3) is 0 Å². The Bertz CT molecular complexity index is 1100. The van der Waals surface area contributed by atoms with Gasteiger partial charge in [0.2, 0.25) is 0 Å². The Kier molecular flexibility index (Phi) is 4.02. The number of hydrogen-bond donors (Lipinski definition) is 0. The molecule has 0 aliphatic rings. The summed E-state index contributed by atoms with van der Waals surface area (Å²) in [5.41, 5.74) is 5.07. The molecule has 0 N–H and O–H groups in total. The van der Waals surface area contributed by atoms with Crippen LogP contribution in [0.5, 0.6) is 0 Å². The molecule has 1 aromatic heterocycles. The number of fused-ring (bicyclic) bond motifs is 1. The smallest absolute Gasteiger partial charge is 0.122 e. The maximum atomic E-state index is 4.69. The van der Waals surface area contributed by atoms with Crippen molar-refractivity contribution in [2.75, 3.05) is 0 Å². The molecule has 0 fully saturated rings. The molecule has 0 unspecified atom stereocenters. The van der Waals surface area contributed by atoms with Crippen molar-refractivity contribution in [1.29, 1.82) is 0 Å². The molecule has 0 aliphatic heterocycles. The van der Waals surface area contributed by atoms with Gasteiger partial charge in [-0.3, -0.25) is 0 Å². The zero-order valence-electron chi connectivity index (χ0n) is 15.4. The summed E-state index contributed by atoms with van der Waals surface area (Å²) in [7, 11) is 0. The molecule has 0 bridgehead atoms. The molecule has 0 saturated heterocycles. The molecule has 1 radical (unpaired) electrons. The quantitative estimate of drug-likeness (QED) is 0.378. The van der Waals surface area contributed by atoms with Crippen molar-refractivity contribution in [3.8, 4) is 0 Å². The Morgan fingerprint density at radius 3 is 1.64 bits per heavy atom. The monoisotopic (exact) mass is 359 g/mol. The summed E-state index contributed by atoms with van der Waals surface area (Å²) in [4.78, 5) is 4.69. The van der Waals surface area contributed by atoms with E-state index in [9.17, 15) is 0 Å². The molecule has 5 rings (SSSR count). The second kappa shape index (κ2) is 6.82. The van der Waals surface area contributed by atoms with Crippen LogP contribution in [0.2, 0.25) is 0 Å². The first-order valence-electron chi connectivity index (χ1n) is 9.41. The van der Waals surface area contributed by atoms with Gasteiger partial charge in [-0.2, -0.15) is 0 Å². The van der Waals surface area contributed by atoms with Gasteiger partial charge in [0.1, 0.15) is 5.54 Å². The molecule has 28 heavy (non-hydrogen) atoms. The van der Waals surface area contributed by atoms with E-state index in [1.54, 1.807) is 0 Å². The first-order valence-corrected chi connectivity index (χ1v) is 9.41. The Morgan fingerprint density at radius 1 is 0.643 bits per heavy atom. The van der Waals surface area contributed by atoms with Crippen molar-refractivity contribution >= 4 is 11.0 Å². The molecule has 0 spiro atoms. The second-order valence-electron chi connectivity index (χ2n) is 6.84. The van der Waals surface area contributed by atoms with Crippen LogP contribution in [-0.4, -0.2) is 9.55 Å². The first-order chi connectivity index (χ1) is 13.9. The topological polar surface area (TPSA) is 17.8 Å². The van der Waals surface area contributed by atoms with E-state index in [2.05, 4.69) is 108 Å². The average Bonchev–Trinajstić information content (AvgIpc) is 3.21. The highest BCUT2D eigenvalue weighted by molar-refractivity contribution is 5.76. The third-order valence-corrected chi connectivity index (χ3v) is 5.33. The van der Waals surface area contributed by atoms with Crippen LogP contribution >= 0.6 is 0 Å². The zero-order chi connectivity index (χ0) is 18.8. The highest BCUT2D eigenvalue weighted by Gasteiger charge is 2.39. The number of benzene rings is 4. The predicted octanol–water partition coefficient (Wildman–Crippen LogP) is 5.68. The third-order valence-electron chi connectivity index (χ3n) is 5.33. The maximum Gasteiger partial charge on any atom is 0.122 e. The summed E-state index contributed by atoms with van der Waals surface area (Å²) in [6, 6.07) is 41.1. The minimum Gasteiger partial charge on any atom is -0.312 e. The lowest BCUT2D eigenvalue weighted by molar-refractivity contribution is 0.529. The number of nitrogens with zero attached hydrogens (tertiary/aromatic N) is 2. The van der Waals surface area contributed by atoms with E-state index >= 15 is 0 Å². The summed E-state index contributed by atoms with van der Waals surface area (Å²) in [5.74, 6) is 0. The van der Waals surface area contributed by atoms with Gasteiger partial charge in [-0.1, -0.05) is 97.1 Å². The molecule has 5 aromatic rings. The van der Waals surface area contributed by atoms with Crippen LogP contribution in [0.4, 0.5) is 0 Å². The second-order valence-corrected chi connectivity index (χ2v) is 6.84. The fourth-order valence-electron chi connectivity index (χ4n) is 4.13. The predicted molar refractivity (Wildman–Crippen MR) is 113 cm³/mol. The minimum absolute atomic E-state index is 0.528. The van der Waals surface area contributed by atoms with E-state index in [-0.39, 0.29) is 0 Å². The summed E-state index contributed by atoms with van der Waals surface area (Å²) in [5, 5.41) is 0. The number of imidazole rings is 1. The van der Waals surface area contributed by atoms with E-state index < -0.39 is 5.54 Å². The first kappa shape index (κ1) is 16.5. The van der Waals surface area contributed by atoms with Crippen molar-refractivity contribution in [2.45, 2.75) is 5.54 Å². The molecule has 0 saturated carbocycles. The molecule has 4 aromatic carbocycles. The van der Waals surface area contributed by atoms with Crippen molar-refractivity contribution in [1.82, 2.24) is 9.55 Å². The Morgan fingerprint density at radius 2 is 1.14 bits per heavy atom. The van der Waals surface area contributed by atoms with Crippen LogP contribution < -0.4 is 0 Å². The largest absolute Gasteiger partial charge is 0.312 e. The van der Waals surface area contributed by atoms with Gasteiger partial charge in [-0.25, -0.2) is 4.98 Å². The van der Waals surface area contributed by atoms with E-state index in [0.29, 0.717) is 0 Å². The number of rotatable bonds is 4. The molecule has 0 aliphatic carbocycles. The van der Waals surface area contributed by atoms with Crippen molar-refractivity contribution in [2.24, 2.45) is 0 Å². The SMILES string of the molecule is [c]1ccc2c(c1)ncn2C(c1ccccc1)(c1ccccc1)c1ccccc1. The molecule has 2 nitrogen and oxygen atoms in total. The highest BCUT2D eigenvalue weighted by atomic mass is 15.1. The fraction of sp³-hybridized carbons (Fsp3) is 0.0385. The van der Waals surface area contributed by atoms with Gasteiger partial charge in [0.05, 0.1) is 17.4 Å². The van der Waals surface area contributed by atoms with Crippen LogP contribution in [0.1, 0.15) is 16.7 Å². The molecule has 2 heteroatoms. The molecule has 0 atom stereocenters. The Balaban J connectivity index is 1.96. The zero-order valence-corrected chi connectivity index (χ0v) is 15.4. The van der Waals surface area contributed by atoms with Crippen LogP contribution in [0.25, 0.3) is 11.0 Å². The van der Waals surface area contributed by atoms with Crippen molar-refractivity contribution in [3.05, 3.63) is 138 Å². The molecule has 133 valence electrons. The van der Waals surface area contributed by atoms with Gasteiger partial charge in [-0.15, -0.1) is 0 Å². The summed E-state index contributed by atoms with van der Waals surface area (Å²) >= 11 is 0. The van der Waals surface area contributed by atoms with Gasteiger partial charge in [0.15, 0.2) is 0 Å². The molecule has 1 heterocycles. The van der Waals surface area contributed by atoms with Crippen molar-refractivity contribution in [3.63, 3.8) is 0 Å². The van der Waals surface area contributed by atoms with Crippen LogP contribution in [-0.2, 0) is 5.54 Å². The van der Waals surface area contributed by atoms with Crippen LogP contribution in [0.15, 0.2) is 116 Å². The van der Waals surface area contributed by atoms with Crippen LogP contribution in [0.3, 0.4) is 0 Å². The molecular formula is C26H19N2. The molecule has 0 amide bonds. The summed E-state index contributed by atoms with van der Waals surface area (Å²) in [6.07, 6.45) is 1.95. The lowest BCUT2D eigenvalue weighted by Crippen LogP contribution is -2.37. The van der Waals surface area contributed by atoms with Gasteiger partial charge >= 0.3 is 0 Å². The third kappa shape index (κ3) is 2.46. The van der Waals surface area contributed by atoms with Gasteiger partial charge in [-0.05, 0) is 34.9 Å². The van der Waals surface area contributed by atoms with Crippen molar-refractivity contribution < 1.29 is 0 Å². The standard InChI is InChI=1S/C26H19N2/c1-4-12-21(13-5-1)26(22-14-6-2-7-15-22,23-16-8-3-9-17-23)28-20-27-24-18-10-11-19-25(24)28/h1-9,11-20H. The molecular weight excluding hydrogens is 340 g/mol. The Hall–Kier alpha value is -3.65. The lowest BCUT2D eigenvalue weighted by atomic mass is 9.76. The highest BCUT2D eigenvalue weighted by Crippen LogP contribution is 2.42. The van der Waals surface area contributed by atoms with Gasteiger partial charge < -0.3 is 4.57 Å². The van der Waals surface area contributed by atoms with Gasteiger partial charge in [0, 0.05) is 0 Å². The normalized spacial score (nSPS) is 11.6. The van der Waals surface area contributed by atoms with E-state index in [1.165, 1.54) is 16.7 Å². The van der Waals surface area contributed by atoms with E-state index in [0.717, 1.165) is 11.0 Å². The fourth-order valence-corrected chi connectivity index (χ4v) is 4.13. The maximum absolute atomic E-state index is 4.69. The number of hydrogen-bond acceptors (Lipinski definition) is 1.